The number of nitrogens with zero attached hydrogens (tertiary/aromatic N) is 1. The van der Waals surface area contributed by atoms with Crippen molar-refractivity contribution in [2.45, 2.75) is 26.3 Å². The van der Waals surface area contributed by atoms with Crippen LogP contribution in [0.15, 0.2) is 60.7 Å². The highest BCUT2D eigenvalue weighted by Gasteiger charge is 2.32. The Morgan fingerprint density at radius 1 is 1.00 bits per heavy atom. The van der Waals surface area contributed by atoms with Crippen LogP contribution in [-0.2, 0) is 4.79 Å². The molecule has 0 aliphatic carbocycles. The number of benzene rings is 3. The third-order valence-corrected chi connectivity index (χ3v) is 5.30. The number of hydrogen-bond acceptors (Lipinski definition) is 2. The molecule has 3 aromatic carbocycles. The highest BCUT2D eigenvalue weighted by molar-refractivity contribution is 6.07. The molecule has 0 saturated carbocycles. The van der Waals surface area contributed by atoms with E-state index in [-0.39, 0.29) is 17.9 Å². The number of nitrogens with one attached hydrogen (secondary N) is 1. The van der Waals surface area contributed by atoms with Crippen LogP contribution >= 0.6 is 0 Å². The van der Waals surface area contributed by atoms with Crippen LogP contribution in [0, 0.1) is 13.8 Å². The van der Waals surface area contributed by atoms with Crippen LogP contribution in [0.3, 0.4) is 0 Å². The Kier molecular flexibility index (Phi) is 4.40. The third-order valence-electron chi connectivity index (χ3n) is 5.30. The fourth-order valence-electron chi connectivity index (χ4n) is 3.63. The second kappa shape index (κ2) is 6.88. The van der Waals surface area contributed by atoms with Gasteiger partial charge >= 0.3 is 0 Å². The summed E-state index contributed by atoms with van der Waals surface area (Å²) in [6, 6.07) is 19.4. The number of carbonyl (C=O) groups excluding carboxylic acids is 2. The zero-order valence-electron chi connectivity index (χ0n) is 15.5. The van der Waals surface area contributed by atoms with E-state index >= 15 is 0 Å². The average molecular weight is 358 g/mol. The Hall–Kier alpha value is -3.14. The molecule has 4 nitrogen and oxygen atoms in total. The van der Waals surface area contributed by atoms with Gasteiger partial charge in [0, 0.05) is 24.2 Å². The van der Waals surface area contributed by atoms with Crippen LogP contribution in [-0.4, -0.2) is 24.4 Å². The van der Waals surface area contributed by atoms with Crippen LogP contribution in [0.1, 0.15) is 27.9 Å². The number of carbonyl (C=O) groups is 2. The molecule has 2 amide bonds. The van der Waals surface area contributed by atoms with Gasteiger partial charge in [0.15, 0.2) is 0 Å². The zero-order chi connectivity index (χ0) is 19.0. The van der Waals surface area contributed by atoms with Crippen LogP contribution < -0.4 is 10.2 Å². The lowest BCUT2D eigenvalue weighted by Crippen LogP contribution is -2.37. The Morgan fingerprint density at radius 2 is 1.78 bits per heavy atom. The fourth-order valence-corrected chi connectivity index (χ4v) is 3.63. The largest absolute Gasteiger partial charge is 0.347 e. The van der Waals surface area contributed by atoms with Crippen LogP contribution in [0.5, 0.6) is 0 Å². The van der Waals surface area contributed by atoms with E-state index in [2.05, 4.69) is 12.2 Å². The number of fused-ring (bicyclic) bond motifs is 1. The molecule has 3 aromatic rings. The Bertz CT molecular complexity index is 1040. The van der Waals surface area contributed by atoms with Gasteiger partial charge in [-0.2, -0.15) is 0 Å². The normalized spacial score (nSPS) is 16.7. The predicted octanol–water partition coefficient (Wildman–Crippen LogP) is 3.99. The van der Waals surface area contributed by atoms with Gasteiger partial charge in [0.1, 0.15) is 0 Å². The molecule has 1 fully saturated rings. The first kappa shape index (κ1) is 17.3. The van der Waals surface area contributed by atoms with Crippen LogP contribution in [0.2, 0.25) is 0 Å². The molecule has 1 aliphatic heterocycles. The summed E-state index contributed by atoms with van der Waals surface area (Å²) in [5.41, 5.74) is 3.89. The first-order chi connectivity index (χ1) is 13.0. The molecule has 1 aliphatic rings. The SMILES string of the molecule is Cc1ccc(N2C[C@H](NC(=O)c3cccc4ccccc34)CC2=O)cc1C. The van der Waals surface area contributed by atoms with Gasteiger partial charge in [0.2, 0.25) is 5.91 Å². The van der Waals surface area contributed by atoms with Crippen LogP contribution in [0.4, 0.5) is 5.69 Å². The molecule has 136 valence electrons. The molecule has 1 saturated heterocycles. The number of aryl methyl sites for hydroxylation is 2. The summed E-state index contributed by atoms with van der Waals surface area (Å²) in [5.74, 6) is -0.0898. The minimum Gasteiger partial charge on any atom is -0.347 e. The lowest BCUT2D eigenvalue weighted by molar-refractivity contribution is -0.117. The third kappa shape index (κ3) is 3.31. The number of rotatable bonds is 3. The molecule has 1 atom stereocenters. The minimum absolute atomic E-state index is 0.0430. The second-order valence-electron chi connectivity index (χ2n) is 7.17. The number of anilines is 1. The van der Waals surface area contributed by atoms with Gasteiger partial charge in [-0.1, -0.05) is 42.5 Å². The molecule has 0 aromatic heterocycles. The summed E-state index contributed by atoms with van der Waals surface area (Å²) in [6.45, 7) is 4.59. The number of hydrogen-bond donors (Lipinski definition) is 1. The Morgan fingerprint density at radius 3 is 2.59 bits per heavy atom. The summed E-state index contributed by atoms with van der Waals surface area (Å²) in [4.78, 5) is 27.1. The Labute approximate surface area is 158 Å². The second-order valence-corrected chi connectivity index (χ2v) is 7.17. The van der Waals surface area contributed by atoms with Gasteiger partial charge in [0.05, 0.1) is 6.04 Å². The maximum atomic E-state index is 12.8. The predicted molar refractivity (Wildman–Crippen MR) is 108 cm³/mol. The van der Waals surface area contributed by atoms with E-state index in [0.29, 0.717) is 18.5 Å². The maximum Gasteiger partial charge on any atom is 0.252 e. The van der Waals surface area contributed by atoms with Crippen molar-refractivity contribution in [3.05, 3.63) is 77.4 Å². The van der Waals surface area contributed by atoms with Crippen LogP contribution in [0.25, 0.3) is 10.8 Å². The van der Waals surface area contributed by atoms with Crippen molar-refractivity contribution in [1.82, 2.24) is 5.32 Å². The van der Waals surface area contributed by atoms with Crippen molar-refractivity contribution in [2.24, 2.45) is 0 Å². The maximum absolute atomic E-state index is 12.8. The molecular formula is C23H22N2O2. The summed E-state index contributed by atoms with van der Waals surface area (Å²) in [6.07, 6.45) is 0.323. The van der Waals surface area contributed by atoms with E-state index in [1.54, 1.807) is 4.90 Å². The molecule has 0 unspecified atom stereocenters. The average Bonchev–Trinajstić information content (AvgIpc) is 3.03. The van der Waals surface area contributed by atoms with Crippen molar-refractivity contribution in [3.63, 3.8) is 0 Å². The van der Waals surface area contributed by atoms with Gasteiger partial charge < -0.3 is 10.2 Å². The molecular weight excluding hydrogens is 336 g/mol. The van der Waals surface area contributed by atoms with Crippen molar-refractivity contribution in [3.8, 4) is 0 Å². The minimum atomic E-state index is -0.189. The van der Waals surface area contributed by atoms with Crippen molar-refractivity contribution in [1.29, 1.82) is 0 Å². The fraction of sp³-hybridized carbons (Fsp3) is 0.217. The van der Waals surface area contributed by atoms with Gasteiger partial charge in [0.25, 0.3) is 5.91 Å². The van der Waals surface area contributed by atoms with Crippen molar-refractivity contribution >= 4 is 28.3 Å². The van der Waals surface area contributed by atoms with Crippen molar-refractivity contribution < 1.29 is 9.59 Å². The lowest BCUT2D eigenvalue weighted by atomic mass is 10.0. The van der Waals surface area contributed by atoms with E-state index in [1.807, 2.05) is 67.6 Å². The first-order valence-electron chi connectivity index (χ1n) is 9.19. The standard InChI is InChI=1S/C23H22N2O2/c1-15-10-11-19(12-16(15)2)25-14-18(13-22(25)26)24-23(27)21-9-5-7-17-6-3-4-8-20(17)21/h3-12,18H,13-14H2,1-2H3,(H,24,27)/t18-/m1/s1. The highest BCUT2D eigenvalue weighted by Crippen LogP contribution is 2.25. The molecule has 1 heterocycles. The number of amides is 2. The highest BCUT2D eigenvalue weighted by atomic mass is 16.2. The molecule has 0 spiro atoms. The van der Waals surface area contributed by atoms with E-state index in [0.717, 1.165) is 22.0 Å². The topological polar surface area (TPSA) is 49.4 Å². The first-order valence-corrected chi connectivity index (χ1v) is 9.19. The summed E-state index contributed by atoms with van der Waals surface area (Å²) in [5, 5.41) is 5.00. The van der Waals surface area contributed by atoms with Gasteiger partial charge in [-0.05, 0) is 53.9 Å². The van der Waals surface area contributed by atoms with Crippen molar-refractivity contribution in [2.75, 3.05) is 11.4 Å². The zero-order valence-corrected chi connectivity index (χ0v) is 15.5. The molecule has 4 heteroatoms. The van der Waals surface area contributed by atoms with Gasteiger partial charge in [-0.15, -0.1) is 0 Å². The summed E-state index contributed by atoms with van der Waals surface area (Å²) < 4.78 is 0. The van der Waals surface area contributed by atoms with E-state index in [4.69, 9.17) is 0 Å². The summed E-state index contributed by atoms with van der Waals surface area (Å²) in [7, 11) is 0. The van der Waals surface area contributed by atoms with Gasteiger partial charge in [-0.3, -0.25) is 9.59 Å². The van der Waals surface area contributed by atoms with Gasteiger partial charge in [-0.25, -0.2) is 0 Å². The Balaban J connectivity index is 1.52. The van der Waals surface area contributed by atoms with E-state index < -0.39 is 0 Å². The van der Waals surface area contributed by atoms with E-state index in [1.165, 1.54) is 5.56 Å². The molecule has 4 rings (SSSR count). The smallest absolute Gasteiger partial charge is 0.252 e. The van der Waals surface area contributed by atoms with E-state index in [9.17, 15) is 9.59 Å². The lowest BCUT2D eigenvalue weighted by Gasteiger charge is -2.18. The summed E-state index contributed by atoms with van der Waals surface area (Å²) >= 11 is 0. The monoisotopic (exact) mass is 358 g/mol. The molecule has 27 heavy (non-hydrogen) atoms. The molecule has 0 radical (unpaired) electrons. The molecule has 0 bridgehead atoms. The quantitative estimate of drug-likeness (QED) is 0.770. The molecule has 1 N–H and O–H groups in total.